The largest absolute Gasteiger partial charge is 0.301 e. The van der Waals surface area contributed by atoms with Gasteiger partial charge in [-0.25, -0.2) is 13.6 Å². The van der Waals surface area contributed by atoms with E-state index in [1.807, 2.05) is 0 Å². The highest BCUT2D eigenvalue weighted by Crippen LogP contribution is 2.19. The summed E-state index contributed by atoms with van der Waals surface area (Å²) in [4.78, 5) is -0.130. The van der Waals surface area contributed by atoms with Crippen LogP contribution in [0.25, 0.3) is 0 Å². The van der Waals surface area contributed by atoms with Gasteiger partial charge in [0.05, 0.1) is 10.6 Å². The lowest BCUT2D eigenvalue weighted by Crippen LogP contribution is -2.33. The molecule has 0 bridgehead atoms. The summed E-state index contributed by atoms with van der Waals surface area (Å²) in [6.45, 7) is 0.953. The van der Waals surface area contributed by atoms with Crippen LogP contribution >= 0.6 is 0 Å². The lowest BCUT2D eigenvalue weighted by atomic mass is 10.3. The Morgan fingerprint density at radius 2 is 1.74 bits per heavy atom. The topological polar surface area (TPSA) is 110 Å². The number of primary sulfonamides is 1. The lowest BCUT2D eigenvalue weighted by Gasteiger charge is -2.17. The fraction of sp³-hybridized carbons (Fsp3) is 0.400. The summed E-state index contributed by atoms with van der Waals surface area (Å²) in [7, 11) is -7.48. The molecule has 1 saturated heterocycles. The quantitative estimate of drug-likeness (QED) is 0.821. The Morgan fingerprint density at radius 1 is 1.11 bits per heavy atom. The Labute approximate surface area is 112 Å². The predicted molar refractivity (Wildman–Crippen MR) is 71.2 cm³/mol. The SMILES string of the molecule is NS(=O)(=O)c1cccc(NS(=O)(=O)N2CCCC2)c1. The van der Waals surface area contributed by atoms with Gasteiger partial charge in [-0.05, 0) is 31.0 Å². The summed E-state index contributed by atoms with van der Waals surface area (Å²) in [5, 5.41) is 5.00. The lowest BCUT2D eigenvalue weighted by molar-refractivity contribution is 0.482. The first-order valence-electron chi connectivity index (χ1n) is 5.70. The van der Waals surface area contributed by atoms with Crippen LogP contribution in [0.5, 0.6) is 0 Å². The van der Waals surface area contributed by atoms with Crippen molar-refractivity contribution in [2.75, 3.05) is 17.8 Å². The fourth-order valence-electron chi connectivity index (χ4n) is 1.88. The molecule has 0 aromatic heterocycles. The van der Waals surface area contributed by atoms with Gasteiger partial charge in [0.2, 0.25) is 10.0 Å². The van der Waals surface area contributed by atoms with E-state index in [2.05, 4.69) is 4.72 Å². The number of nitrogens with zero attached hydrogens (tertiary/aromatic N) is 1. The first-order chi connectivity index (χ1) is 8.79. The van der Waals surface area contributed by atoms with E-state index in [-0.39, 0.29) is 10.6 Å². The van der Waals surface area contributed by atoms with Gasteiger partial charge in [-0.3, -0.25) is 4.72 Å². The molecule has 7 nitrogen and oxygen atoms in total. The Kier molecular flexibility index (Phi) is 3.81. The standard InChI is InChI=1S/C10H15N3O4S2/c11-18(14,15)10-5-3-4-9(8-10)12-19(16,17)13-6-1-2-7-13/h3-5,8,12H,1-2,6-7H2,(H2,11,14,15). The minimum Gasteiger partial charge on any atom is -0.271 e. The molecule has 1 aromatic rings. The van der Waals surface area contributed by atoms with Crippen LogP contribution < -0.4 is 9.86 Å². The number of nitrogens with one attached hydrogen (secondary N) is 1. The summed E-state index contributed by atoms with van der Waals surface area (Å²) in [5.74, 6) is 0. The summed E-state index contributed by atoms with van der Waals surface area (Å²) in [6.07, 6.45) is 1.66. The summed E-state index contributed by atoms with van der Waals surface area (Å²) < 4.78 is 50.1. The van der Waals surface area contributed by atoms with E-state index in [4.69, 9.17) is 5.14 Å². The molecular formula is C10H15N3O4S2. The molecule has 1 aliphatic rings. The summed E-state index contributed by atoms with van der Waals surface area (Å²) >= 11 is 0. The molecule has 19 heavy (non-hydrogen) atoms. The maximum atomic E-state index is 12.0. The molecule has 1 aliphatic heterocycles. The zero-order chi connectivity index (χ0) is 14.1. The highest BCUT2D eigenvalue weighted by molar-refractivity contribution is 7.90. The molecule has 1 aromatic carbocycles. The normalized spacial score (nSPS) is 17.5. The van der Waals surface area contributed by atoms with E-state index >= 15 is 0 Å². The average molecular weight is 305 g/mol. The number of rotatable bonds is 4. The monoisotopic (exact) mass is 305 g/mol. The van der Waals surface area contributed by atoms with Crippen LogP contribution in [0.4, 0.5) is 5.69 Å². The van der Waals surface area contributed by atoms with Gasteiger partial charge in [-0.1, -0.05) is 6.07 Å². The Balaban J connectivity index is 2.24. The highest BCUT2D eigenvalue weighted by Gasteiger charge is 2.25. The van der Waals surface area contributed by atoms with Gasteiger partial charge >= 0.3 is 10.2 Å². The average Bonchev–Trinajstić information content (AvgIpc) is 2.81. The van der Waals surface area contributed by atoms with Crippen molar-refractivity contribution in [3.63, 3.8) is 0 Å². The van der Waals surface area contributed by atoms with Gasteiger partial charge in [-0.2, -0.15) is 12.7 Å². The van der Waals surface area contributed by atoms with Crippen molar-refractivity contribution in [3.8, 4) is 0 Å². The number of sulfonamides is 1. The molecule has 1 heterocycles. The number of hydrogen-bond acceptors (Lipinski definition) is 4. The number of nitrogens with two attached hydrogens (primary N) is 1. The van der Waals surface area contributed by atoms with Gasteiger partial charge < -0.3 is 0 Å². The fourth-order valence-corrected chi connectivity index (χ4v) is 3.73. The molecule has 0 atom stereocenters. The van der Waals surface area contributed by atoms with Crippen molar-refractivity contribution in [2.45, 2.75) is 17.7 Å². The van der Waals surface area contributed by atoms with Gasteiger partial charge in [0.15, 0.2) is 0 Å². The van der Waals surface area contributed by atoms with Crippen LogP contribution in [0.15, 0.2) is 29.2 Å². The van der Waals surface area contributed by atoms with Crippen molar-refractivity contribution in [2.24, 2.45) is 5.14 Å². The minimum atomic E-state index is -3.85. The number of anilines is 1. The van der Waals surface area contributed by atoms with Gasteiger partial charge in [0, 0.05) is 13.1 Å². The van der Waals surface area contributed by atoms with Crippen molar-refractivity contribution < 1.29 is 16.8 Å². The Hall–Kier alpha value is -1.16. The molecule has 0 saturated carbocycles. The van der Waals surface area contributed by atoms with Gasteiger partial charge in [-0.15, -0.1) is 0 Å². The zero-order valence-electron chi connectivity index (χ0n) is 10.1. The molecule has 0 aliphatic carbocycles. The van der Waals surface area contributed by atoms with E-state index in [0.29, 0.717) is 13.1 Å². The highest BCUT2D eigenvalue weighted by atomic mass is 32.2. The van der Waals surface area contributed by atoms with E-state index in [9.17, 15) is 16.8 Å². The molecule has 9 heteroatoms. The first-order valence-corrected chi connectivity index (χ1v) is 8.68. The van der Waals surface area contributed by atoms with Crippen LogP contribution in [-0.4, -0.2) is 34.2 Å². The molecule has 106 valence electrons. The second-order valence-corrected chi connectivity index (χ2v) is 7.52. The van der Waals surface area contributed by atoms with Gasteiger partial charge in [0.25, 0.3) is 0 Å². The third-order valence-electron chi connectivity index (χ3n) is 2.81. The summed E-state index contributed by atoms with van der Waals surface area (Å²) in [6, 6.07) is 5.41. The molecule has 0 spiro atoms. The Bertz CT molecular complexity index is 664. The smallest absolute Gasteiger partial charge is 0.271 e. The number of benzene rings is 1. The molecule has 1 fully saturated rings. The third kappa shape index (κ3) is 3.44. The minimum absolute atomic E-state index is 0.130. The number of hydrogen-bond donors (Lipinski definition) is 2. The molecular weight excluding hydrogens is 290 g/mol. The van der Waals surface area contributed by atoms with Crippen LogP contribution in [0.2, 0.25) is 0 Å². The second-order valence-electron chi connectivity index (χ2n) is 4.29. The zero-order valence-corrected chi connectivity index (χ0v) is 11.7. The maximum absolute atomic E-state index is 12.0. The van der Waals surface area contributed by atoms with Crippen molar-refractivity contribution in [1.29, 1.82) is 0 Å². The van der Waals surface area contributed by atoms with Crippen molar-refractivity contribution in [3.05, 3.63) is 24.3 Å². The van der Waals surface area contributed by atoms with Crippen LogP contribution in [0.3, 0.4) is 0 Å². The van der Waals surface area contributed by atoms with E-state index < -0.39 is 20.2 Å². The van der Waals surface area contributed by atoms with Crippen molar-refractivity contribution in [1.82, 2.24) is 4.31 Å². The second kappa shape index (κ2) is 5.08. The molecule has 0 amide bonds. The summed E-state index contributed by atoms with van der Waals surface area (Å²) in [5.41, 5.74) is 0.179. The van der Waals surface area contributed by atoms with E-state index in [0.717, 1.165) is 12.8 Å². The van der Waals surface area contributed by atoms with Crippen LogP contribution in [0, 0.1) is 0 Å². The molecule has 3 N–H and O–H groups in total. The molecule has 2 rings (SSSR count). The van der Waals surface area contributed by atoms with E-state index in [1.165, 1.54) is 28.6 Å². The molecule has 0 radical (unpaired) electrons. The first kappa shape index (κ1) is 14.3. The molecule has 0 unspecified atom stereocenters. The predicted octanol–water partition coefficient (Wildman–Crippen LogP) is 0.0865. The van der Waals surface area contributed by atoms with Crippen molar-refractivity contribution >= 4 is 25.9 Å². The Morgan fingerprint density at radius 3 is 2.32 bits per heavy atom. The van der Waals surface area contributed by atoms with Crippen LogP contribution in [-0.2, 0) is 20.2 Å². The van der Waals surface area contributed by atoms with E-state index in [1.54, 1.807) is 0 Å². The maximum Gasteiger partial charge on any atom is 0.301 e. The van der Waals surface area contributed by atoms with Gasteiger partial charge in [0.1, 0.15) is 0 Å². The third-order valence-corrected chi connectivity index (χ3v) is 5.26. The van der Waals surface area contributed by atoms with Crippen LogP contribution in [0.1, 0.15) is 12.8 Å².